The smallest absolute Gasteiger partial charge is 0.410 e. The molecule has 0 spiro atoms. The van der Waals surface area contributed by atoms with Crippen LogP contribution in [0.4, 0.5) is 13.6 Å². The normalized spacial score (nSPS) is 17.4. The van der Waals surface area contributed by atoms with Crippen molar-refractivity contribution in [3.63, 3.8) is 0 Å². The number of hydrogen-bond donors (Lipinski definition) is 1. The highest BCUT2D eigenvalue weighted by molar-refractivity contribution is 6.34. The van der Waals surface area contributed by atoms with Crippen LogP contribution in [0.2, 0.25) is 10.0 Å². The van der Waals surface area contributed by atoms with E-state index >= 15 is 0 Å². The molecule has 0 aromatic heterocycles. The first-order chi connectivity index (χ1) is 17.0. The van der Waals surface area contributed by atoms with Crippen LogP contribution in [0.15, 0.2) is 54.6 Å². The summed E-state index contributed by atoms with van der Waals surface area (Å²) in [7, 11) is 0. The van der Waals surface area contributed by atoms with Gasteiger partial charge in [-0.05, 0) is 56.2 Å². The second-order valence-electron chi connectivity index (χ2n) is 8.68. The number of esters is 1. The second-order valence-corrected chi connectivity index (χ2v) is 9.55. The molecule has 10 heteroatoms. The van der Waals surface area contributed by atoms with E-state index in [9.17, 15) is 23.5 Å². The van der Waals surface area contributed by atoms with Crippen LogP contribution in [0.25, 0.3) is 0 Å². The zero-order valence-corrected chi connectivity index (χ0v) is 21.3. The van der Waals surface area contributed by atoms with E-state index in [0.29, 0.717) is 18.4 Å². The minimum atomic E-state index is -3.65. The Morgan fingerprint density at radius 1 is 1.22 bits per heavy atom. The molecule has 1 saturated heterocycles. The average molecular weight is 542 g/mol. The van der Waals surface area contributed by atoms with Gasteiger partial charge in [-0.1, -0.05) is 47.5 Å². The highest BCUT2D eigenvalue weighted by Crippen LogP contribution is 2.36. The van der Waals surface area contributed by atoms with Crippen LogP contribution in [0.3, 0.4) is 0 Å². The van der Waals surface area contributed by atoms with Crippen molar-refractivity contribution in [3.8, 4) is 0 Å². The van der Waals surface area contributed by atoms with Crippen LogP contribution in [-0.2, 0) is 21.8 Å². The van der Waals surface area contributed by atoms with E-state index in [1.165, 1.54) is 17.0 Å². The Morgan fingerprint density at radius 2 is 1.86 bits per heavy atom. The number of carbonyl (C=O) groups is 2. The lowest BCUT2D eigenvalue weighted by Crippen LogP contribution is -2.45. The first kappa shape index (κ1) is 27.9. The highest BCUT2D eigenvalue weighted by atomic mass is 35.5. The molecular formula is C26H27Cl2F2NO5. The zero-order valence-electron chi connectivity index (χ0n) is 19.8. The van der Waals surface area contributed by atoms with Crippen molar-refractivity contribution < 1.29 is 33.0 Å². The Hall–Kier alpha value is -2.68. The molecule has 0 radical (unpaired) electrons. The number of carbonyl (C=O) groups excluding carboxylic acids is 2. The molecular weight excluding hydrogens is 515 g/mol. The number of cyclic esters (lactones) is 1. The topological polar surface area (TPSA) is 76.1 Å². The molecule has 0 saturated carbocycles. The summed E-state index contributed by atoms with van der Waals surface area (Å²) < 4.78 is 39.9. The number of rotatable bonds is 9. The fourth-order valence-electron chi connectivity index (χ4n) is 3.71. The number of aliphatic hydroxyl groups excluding tert-OH is 1. The summed E-state index contributed by atoms with van der Waals surface area (Å²) in [5.41, 5.74) is 0.765. The van der Waals surface area contributed by atoms with Crippen molar-refractivity contribution >= 4 is 35.3 Å². The molecule has 1 unspecified atom stereocenters. The standard InChI is InChI=1S/C26H27Cl2F2NO5/c1-16(2)36-24(33)18-5-3-17(4-6-18)9-11-31-22(10-12-35-25(31)34)7-8-23(32)26(29,30)19-13-20(27)15-21(28)14-19/h3-8,13-16,22-23,32H,9-12H2,1-2H3/t22-,23?/m0/s1. The van der Waals surface area contributed by atoms with Crippen LogP contribution in [-0.4, -0.2) is 53.5 Å². The van der Waals surface area contributed by atoms with E-state index in [0.717, 1.165) is 23.8 Å². The lowest BCUT2D eigenvalue weighted by molar-refractivity contribution is -0.0929. The third kappa shape index (κ3) is 7.18. The van der Waals surface area contributed by atoms with Gasteiger partial charge in [-0.2, -0.15) is 8.78 Å². The number of halogens is 4. The summed E-state index contributed by atoms with van der Waals surface area (Å²) in [6.07, 6.45) is 0.216. The lowest BCUT2D eigenvalue weighted by atomic mass is 10.0. The highest BCUT2D eigenvalue weighted by Gasteiger charge is 2.40. The van der Waals surface area contributed by atoms with Crippen molar-refractivity contribution in [2.45, 2.75) is 50.9 Å². The van der Waals surface area contributed by atoms with Gasteiger partial charge < -0.3 is 19.5 Å². The summed E-state index contributed by atoms with van der Waals surface area (Å²) in [4.78, 5) is 25.8. The number of ether oxygens (including phenoxy) is 2. The van der Waals surface area contributed by atoms with Crippen molar-refractivity contribution in [3.05, 3.63) is 81.4 Å². The van der Waals surface area contributed by atoms with Gasteiger partial charge in [0.2, 0.25) is 0 Å². The molecule has 0 aliphatic carbocycles. The van der Waals surface area contributed by atoms with Gasteiger partial charge in [0.25, 0.3) is 0 Å². The molecule has 194 valence electrons. The largest absolute Gasteiger partial charge is 0.459 e. The van der Waals surface area contributed by atoms with Gasteiger partial charge in [0.15, 0.2) is 0 Å². The Morgan fingerprint density at radius 3 is 2.47 bits per heavy atom. The first-order valence-electron chi connectivity index (χ1n) is 11.4. The van der Waals surface area contributed by atoms with Gasteiger partial charge in [0.05, 0.1) is 24.3 Å². The predicted octanol–water partition coefficient (Wildman–Crippen LogP) is 6.02. The van der Waals surface area contributed by atoms with Gasteiger partial charge in [-0.3, -0.25) is 0 Å². The maximum Gasteiger partial charge on any atom is 0.410 e. The molecule has 1 amide bonds. The van der Waals surface area contributed by atoms with Gasteiger partial charge in [-0.15, -0.1) is 0 Å². The van der Waals surface area contributed by atoms with E-state index in [1.807, 2.05) is 0 Å². The number of hydrogen-bond acceptors (Lipinski definition) is 5. The van der Waals surface area contributed by atoms with Crippen LogP contribution in [0, 0.1) is 0 Å². The predicted molar refractivity (Wildman–Crippen MR) is 133 cm³/mol. The third-order valence-corrected chi connectivity index (χ3v) is 6.02. The number of amides is 1. The second kappa shape index (κ2) is 12.0. The molecule has 2 atom stereocenters. The Labute approximate surface area is 218 Å². The molecule has 1 N–H and O–H groups in total. The van der Waals surface area contributed by atoms with Gasteiger partial charge in [0.1, 0.15) is 6.10 Å². The summed E-state index contributed by atoms with van der Waals surface area (Å²) in [6.45, 7) is 3.91. The molecule has 36 heavy (non-hydrogen) atoms. The molecule has 3 rings (SSSR count). The first-order valence-corrected chi connectivity index (χ1v) is 12.2. The summed E-state index contributed by atoms with van der Waals surface area (Å²) in [5.74, 6) is -4.07. The van der Waals surface area contributed by atoms with E-state index < -0.39 is 35.7 Å². The van der Waals surface area contributed by atoms with Crippen molar-refractivity contribution in [1.82, 2.24) is 4.90 Å². The van der Waals surface area contributed by atoms with Crippen molar-refractivity contribution in [2.75, 3.05) is 13.2 Å². The number of benzene rings is 2. The third-order valence-electron chi connectivity index (χ3n) is 5.58. The van der Waals surface area contributed by atoms with Gasteiger partial charge >= 0.3 is 18.0 Å². The van der Waals surface area contributed by atoms with Gasteiger partial charge in [0, 0.05) is 28.6 Å². The fourth-order valence-corrected chi connectivity index (χ4v) is 4.23. The minimum Gasteiger partial charge on any atom is -0.459 e. The zero-order chi connectivity index (χ0) is 26.5. The molecule has 1 heterocycles. The van der Waals surface area contributed by atoms with Crippen molar-refractivity contribution in [2.24, 2.45) is 0 Å². The maximum atomic E-state index is 14.8. The molecule has 1 aliphatic rings. The number of aliphatic hydroxyl groups is 1. The quantitative estimate of drug-likeness (QED) is 0.310. The maximum absolute atomic E-state index is 14.8. The molecule has 1 aliphatic heterocycles. The molecule has 6 nitrogen and oxygen atoms in total. The van der Waals surface area contributed by atoms with E-state index in [4.69, 9.17) is 32.7 Å². The molecule has 1 fully saturated rings. The number of alkyl halides is 2. The Kier molecular flexibility index (Phi) is 9.33. The fraction of sp³-hybridized carbons (Fsp3) is 0.385. The van der Waals surface area contributed by atoms with Crippen LogP contribution in [0.5, 0.6) is 0 Å². The summed E-state index contributed by atoms with van der Waals surface area (Å²) in [6, 6.07) is 9.68. The van der Waals surface area contributed by atoms with Crippen LogP contribution >= 0.6 is 23.2 Å². The Bertz CT molecular complexity index is 1090. The summed E-state index contributed by atoms with van der Waals surface area (Å²) >= 11 is 11.7. The van der Waals surface area contributed by atoms with Gasteiger partial charge in [-0.25, -0.2) is 9.59 Å². The van der Waals surface area contributed by atoms with E-state index in [-0.39, 0.29) is 29.3 Å². The van der Waals surface area contributed by atoms with Crippen LogP contribution < -0.4 is 0 Å². The Balaban J connectivity index is 1.67. The van der Waals surface area contributed by atoms with Crippen LogP contribution in [0.1, 0.15) is 41.8 Å². The molecule has 2 aromatic carbocycles. The average Bonchev–Trinajstić information content (AvgIpc) is 2.81. The lowest BCUT2D eigenvalue weighted by Gasteiger charge is -2.33. The summed E-state index contributed by atoms with van der Waals surface area (Å²) in [5, 5.41) is 10.3. The molecule has 2 aromatic rings. The van der Waals surface area contributed by atoms with E-state index in [1.54, 1.807) is 38.1 Å². The minimum absolute atomic E-state index is 0.0272. The van der Waals surface area contributed by atoms with E-state index in [2.05, 4.69) is 0 Å². The molecule has 0 bridgehead atoms. The SMILES string of the molecule is CC(C)OC(=O)c1ccc(CCN2C(=O)OCC[C@@H]2C=CC(O)C(F)(F)c2cc(Cl)cc(Cl)c2)cc1. The number of nitrogens with zero attached hydrogens (tertiary/aromatic N) is 1. The van der Waals surface area contributed by atoms with Crippen molar-refractivity contribution in [1.29, 1.82) is 0 Å². The monoisotopic (exact) mass is 541 g/mol.